The lowest BCUT2D eigenvalue weighted by atomic mass is 9.43. The summed E-state index contributed by atoms with van der Waals surface area (Å²) in [6.45, 7) is 5.70. The average Bonchev–Trinajstić information content (AvgIpc) is 2.96. The van der Waals surface area contributed by atoms with Gasteiger partial charge in [-0.15, -0.1) is 0 Å². The van der Waals surface area contributed by atoms with Crippen LogP contribution in [0.25, 0.3) is 0 Å². The predicted molar refractivity (Wildman–Crippen MR) is 115 cm³/mol. The Bertz CT molecular complexity index is 652. The summed E-state index contributed by atoms with van der Waals surface area (Å²) in [5, 5.41) is 26.2. The van der Waals surface area contributed by atoms with E-state index in [0.717, 1.165) is 44.9 Å². The SMILES string of the molecule is C[C@]12CC[C@H](O)C[C@H]1CCC1C2CC[C@]2(C)[C@@H](/C=C/C=N/OCCN)CC[C@]12O. The van der Waals surface area contributed by atoms with Crippen molar-refractivity contribution in [2.75, 3.05) is 13.2 Å². The van der Waals surface area contributed by atoms with E-state index in [-0.39, 0.29) is 11.5 Å². The van der Waals surface area contributed by atoms with Gasteiger partial charge in [0.2, 0.25) is 0 Å². The van der Waals surface area contributed by atoms with Crippen molar-refractivity contribution in [3.8, 4) is 0 Å². The van der Waals surface area contributed by atoms with Crippen LogP contribution < -0.4 is 5.73 Å². The summed E-state index contributed by atoms with van der Waals surface area (Å²) >= 11 is 0. The number of rotatable bonds is 5. The molecule has 5 nitrogen and oxygen atoms in total. The third kappa shape index (κ3) is 3.37. The minimum Gasteiger partial charge on any atom is -0.394 e. The molecular weight excluding hydrogens is 364 g/mol. The van der Waals surface area contributed by atoms with Gasteiger partial charge in [0.15, 0.2) is 0 Å². The zero-order chi connectivity index (χ0) is 20.7. The van der Waals surface area contributed by atoms with Crippen LogP contribution >= 0.6 is 0 Å². The molecule has 4 N–H and O–H groups in total. The molecule has 0 aromatic rings. The van der Waals surface area contributed by atoms with E-state index < -0.39 is 5.60 Å². The van der Waals surface area contributed by atoms with Gasteiger partial charge < -0.3 is 20.8 Å². The van der Waals surface area contributed by atoms with Crippen LogP contribution in [0.3, 0.4) is 0 Å². The largest absolute Gasteiger partial charge is 0.394 e. The van der Waals surface area contributed by atoms with Crippen LogP contribution in [0.5, 0.6) is 0 Å². The van der Waals surface area contributed by atoms with Crippen LogP contribution in [-0.2, 0) is 4.84 Å². The lowest BCUT2D eigenvalue weighted by Gasteiger charge is -2.63. The number of allylic oxidation sites excluding steroid dienone is 2. The van der Waals surface area contributed by atoms with Crippen LogP contribution in [0, 0.1) is 34.5 Å². The van der Waals surface area contributed by atoms with Gasteiger partial charge >= 0.3 is 0 Å². The van der Waals surface area contributed by atoms with Gasteiger partial charge in [-0.2, -0.15) is 0 Å². The highest BCUT2D eigenvalue weighted by atomic mass is 16.6. The minimum absolute atomic E-state index is 0.0615. The van der Waals surface area contributed by atoms with Crippen molar-refractivity contribution in [3.05, 3.63) is 12.2 Å². The van der Waals surface area contributed by atoms with Gasteiger partial charge in [0.1, 0.15) is 6.61 Å². The molecule has 0 aromatic heterocycles. The molecule has 0 heterocycles. The maximum absolute atomic E-state index is 12.1. The van der Waals surface area contributed by atoms with E-state index in [0.29, 0.717) is 42.2 Å². The first-order valence-corrected chi connectivity index (χ1v) is 11.8. The summed E-state index contributed by atoms with van der Waals surface area (Å²) in [5.74, 6) is 2.01. The number of nitrogens with two attached hydrogens (primary N) is 1. The monoisotopic (exact) mass is 404 g/mol. The van der Waals surface area contributed by atoms with Crippen molar-refractivity contribution in [2.45, 2.75) is 83.3 Å². The molecule has 0 saturated heterocycles. The zero-order valence-electron chi connectivity index (χ0n) is 18.2. The predicted octanol–water partition coefficient (Wildman–Crippen LogP) is 3.64. The summed E-state index contributed by atoms with van der Waals surface area (Å²) in [6.07, 6.45) is 15.4. The van der Waals surface area contributed by atoms with Crippen LogP contribution in [0.1, 0.15) is 71.6 Å². The Morgan fingerprint density at radius 1 is 1.07 bits per heavy atom. The van der Waals surface area contributed by atoms with Gasteiger partial charge in [0, 0.05) is 12.0 Å². The van der Waals surface area contributed by atoms with E-state index in [4.69, 9.17) is 10.6 Å². The second-order valence-electron chi connectivity index (χ2n) is 10.7. The highest BCUT2D eigenvalue weighted by Crippen LogP contribution is 2.69. The second kappa shape index (κ2) is 7.97. The molecule has 0 spiro atoms. The number of nitrogens with zero attached hydrogens (tertiary/aromatic N) is 1. The third-order valence-corrected chi connectivity index (χ3v) is 9.67. The van der Waals surface area contributed by atoms with Crippen LogP contribution in [0.4, 0.5) is 0 Å². The molecule has 4 fully saturated rings. The summed E-state index contributed by atoms with van der Waals surface area (Å²) in [4.78, 5) is 5.06. The molecule has 29 heavy (non-hydrogen) atoms. The topological polar surface area (TPSA) is 88.1 Å². The summed E-state index contributed by atoms with van der Waals surface area (Å²) in [7, 11) is 0. The fourth-order valence-electron chi connectivity index (χ4n) is 7.92. The van der Waals surface area contributed by atoms with E-state index >= 15 is 0 Å². The van der Waals surface area contributed by atoms with E-state index in [2.05, 4.69) is 25.1 Å². The van der Waals surface area contributed by atoms with Crippen LogP contribution in [0.2, 0.25) is 0 Å². The van der Waals surface area contributed by atoms with Crippen molar-refractivity contribution in [1.29, 1.82) is 0 Å². The number of hydrogen-bond acceptors (Lipinski definition) is 5. The van der Waals surface area contributed by atoms with Crippen molar-refractivity contribution in [3.63, 3.8) is 0 Å². The van der Waals surface area contributed by atoms with Gasteiger partial charge in [-0.3, -0.25) is 0 Å². The second-order valence-corrected chi connectivity index (χ2v) is 10.7. The van der Waals surface area contributed by atoms with Gasteiger partial charge in [-0.1, -0.05) is 25.1 Å². The van der Waals surface area contributed by atoms with E-state index in [1.165, 1.54) is 12.8 Å². The fourth-order valence-corrected chi connectivity index (χ4v) is 7.92. The van der Waals surface area contributed by atoms with Crippen molar-refractivity contribution in [2.24, 2.45) is 45.4 Å². The fraction of sp³-hybridized carbons (Fsp3) is 0.875. The smallest absolute Gasteiger partial charge is 0.129 e. The van der Waals surface area contributed by atoms with Crippen molar-refractivity contribution in [1.82, 2.24) is 0 Å². The third-order valence-electron chi connectivity index (χ3n) is 9.67. The van der Waals surface area contributed by atoms with Gasteiger partial charge in [0.25, 0.3) is 0 Å². The molecule has 2 unspecified atom stereocenters. The number of aliphatic hydroxyl groups is 2. The first kappa shape index (κ1) is 21.3. The standard InChI is InChI=1S/C24H40N2O3/c1-22-10-8-19(27)16-18(22)5-6-21-20(22)9-11-23(2)17(7-12-24(21,23)28)4-3-14-26-29-15-13-25/h3-4,14,17-21,27-28H,5-13,15-16,25H2,1-2H3/b4-3+,26-14+/t17-,18+,19-,20?,21?,22-,23+,24-/m0/s1. The average molecular weight is 405 g/mol. The molecule has 0 aliphatic heterocycles. The highest BCUT2D eigenvalue weighted by molar-refractivity contribution is 5.70. The maximum atomic E-state index is 12.1. The minimum atomic E-state index is -0.567. The molecule has 4 saturated carbocycles. The summed E-state index contributed by atoms with van der Waals surface area (Å²) in [5.41, 5.74) is 5.06. The molecule has 8 atom stereocenters. The maximum Gasteiger partial charge on any atom is 0.129 e. The molecule has 0 bridgehead atoms. The number of aliphatic hydroxyl groups excluding tert-OH is 1. The Hall–Kier alpha value is -0.910. The lowest BCUT2D eigenvalue weighted by molar-refractivity contribution is -0.207. The summed E-state index contributed by atoms with van der Waals surface area (Å²) < 4.78 is 0. The number of oxime groups is 1. The highest BCUT2D eigenvalue weighted by Gasteiger charge is 2.66. The molecule has 0 amide bonds. The van der Waals surface area contributed by atoms with Gasteiger partial charge in [-0.05, 0) is 93.0 Å². The van der Waals surface area contributed by atoms with Crippen molar-refractivity contribution >= 4 is 6.21 Å². The molecule has 4 aliphatic carbocycles. The number of fused-ring (bicyclic) bond motifs is 5. The molecular formula is C24H40N2O3. The molecule has 5 heteroatoms. The lowest BCUT2D eigenvalue weighted by Crippen LogP contribution is -2.62. The molecule has 4 rings (SSSR count). The summed E-state index contributed by atoms with van der Waals surface area (Å²) in [6, 6.07) is 0. The zero-order valence-corrected chi connectivity index (χ0v) is 18.2. The van der Waals surface area contributed by atoms with Crippen molar-refractivity contribution < 1.29 is 15.1 Å². The van der Waals surface area contributed by atoms with Crippen LogP contribution in [-0.4, -0.2) is 41.3 Å². The van der Waals surface area contributed by atoms with Gasteiger partial charge in [-0.25, -0.2) is 0 Å². The molecule has 0 aromatic carbocycles. The first-order valence-electron chi connectivity index (χ1n) is 11.8. The Kier molecular flexibility index (Phi) is 5.86. The molecule has 0 radical (unpaired) electrons. The molecule has 164 valence electrons. The Morgan fingerprint density at radius 2 is 1.90 bits per heavy atom. The molecule has 4 aliphatic rings. The Labute approximate surface area is 175 Å². The van der Waals surface area contributed by atoms with Crippen LogP contribution in [0.15, 0.2) is 17.3 Å². The Morgan fingerprint density at radius 3 is 2.69 bits per heavy atom. The van der Waals surface area contributed by atoms with E-state index in [1.807, 2.05) is 6.08 Å². The first-order chi connectivity index (χ1) is 13.8. The normalized spacial score (nSPS) is 49.8. The van der Waals surface area contributed by atoms with E-state index in [9.17, 15) is 10.2 Å². The van der Waals surface area contributed by atoms with Gasteiger partial charge in [0.05, 0.1) is 17.9 Å². The Balaban J connectivity index is 1.51. The number of hydrogen-bond donors (Lipinski definition) is 3. The quantitative estimate of drug-likeness (QED) is 0.371. The van der Waals surface area contributed by atoms with E-state index in [1.54, 1.807) is 6.21 Å².